The van der Waals surface area contributed by atoms with Crippen molar-refractivity contribution < 1.29 is 9.53 Å². The van der Waals surface area contributed by atoms with E-state index in [1.807, 2.05) is 39.0 Å². The second-order valence-corrected chi connectivity index (χ2v) is 5.62. The average Bonchev–Trinajstić information content (AvgIpc) is 2.43. The summed E-state index contributed by atoms with van der Waals surface area (Å²) in [6, 6.07) is 5.88. The first kappa shape index (κ1) is 16.5. The largest absolute Gasteiger partial charge is 0.384 e. The van der Waals surface area contributed by atoms with Crippen molar-refractivity contribution in [2.24, 2.45) is 0 Å². The highest BCUT2D eigenvalue weighted by Gasteiger charge is 2.19. The minimum Gasteiger partial charge on any atom is -0.384 e. The van der Waals surface area contributed by atoms with Gasteiger partial charge in [0.25, 0.3) is 5.91 Å². The molecule has 0 heterocycles. The molecule has 4 nitrogen and oxygen atoms in total. The van der Waals surface area contributed by atoms with Crippen LogP contribution in [0.5, 0.6) is 0 Å². The van der Waals surface area contributed by atoms with Crippen LogP contribution in [0.15, 0.2) is 18.2 Å². The van der Waals surface area contributed by atoms with Crippen molar-refractivity contribution in [2.75, 3.05) is 25.5 Å². The van der Waals surface area contributed by atoms with Gasteiger partial charge >= 0.3 is 0 Å². The predicted octanol–water partition coefficient (Wildman–Crippen LogP) is 2.97. The van der Waals surface area contributed by atoms with Gasteiger partial charge in [-0.25, -0.2) is 0 Å². The number of ether oxygens (including phenoxy) is 1. The summed E-state index contributed by atoms with van der Waals surface area (Å²) >= 11 is 0. The molecule has 0 aliphatic carbocycles. The first-order valence-electron chi connectivity index (χ1n) is 7.07. The van der Waals surface area contributed by atoms with E-state index in [0.717, 1.165) is 24.2 Å². The molecule has 0 bridgehead atoms. The number of benzene rings is 1. The van der Waals surface area contributed by atoms with Crippen LogP contribution in [-0.4, -0.2) is 31.7 Å². The highest BCUT2D eigenvalue weighted by Crippen LogP contribution is 2.18. The van der Waals surface area contributed by atoms with Gasteiger partial charge < -0.3 is 15.4 Å². The Labute approximate surface area is 121 Å². The van der Waals surface area contributed by atoms with Crippen LogP contribution in [0.1, 0.15) is 43.1 Å². The lowest BCUT2D eigenvalue weighted by Crippen LogP contribution is -2.39. The molecule has 1 aromatic rings. The van der Waals surface area contributed by atoms with E-state index in [-0.39, 0.29) is 11.5 Å². The van der Waals surface area contributed by atoms with Crippen LogP contribution >= 0.6 is 0 Å². The molecule has 0 aliphatic heterocycles. The molecule has 0 unspecified atom stereocenters. The van der Waals surface area contributed by atoms with Gasteiger partial charge in [0, 0.05) is 25.9 Å². The van der Waals surface area contributed by atoms with Gasteiger partial charge in [0.2, 0.25) is 0 Å². The lowest BCUT2D eigenvalue weighted by atomic mass is 10.1. The minimum absolute atomic E-state index is 0.0718. The summed E-state index contributed by atoms with van der Waals surface area (Å²) in [5.41, 5.74) is 2.27. The molecular formula is C16H26N2O2. The van der Waals surface area contributed by atoms with E-state index in [2.05, 4.69) is 17.6 Å². The normalized spacial score (nSPS) is 11.2. The molecule has 4 heteroatoms. The number of carbonyl (C=O) groups is 1. The standard InChI is InChI=1S/C16H26N2O2/c1-6-9-17-14-8-7-12(2)10-13(14)15(19)18-11-16(3,4)20-5/h7-8,10,17H,6,9,11H2,1-5H3,(H,18,19). The maximum Gasteiger partial charge on any atom is 0.253 e. The molecule has 1 aromatic carbocycles. The summed E-state index contributed by atoms with van der Waals surface area (Å²) in [5.74, 6) is -0.0718. The van der Waals surface area contributed by atoms with E-state index in [1.165, 1.54) is 0 Å². The zero-order valence-corrected chi connectivity index (χ0v) is 13.2. The molecule has 0 fully saturated rings. The number of amides is 1. The van der Waals surface area contributed by atoms with Gasteiger partial charge in [0.1, 0.15) is 0 Å². The fourth-order valence-electron chi connectivity index (χ4n) is 1.72. The molecule has 0 spiro atoms. The van der Waals surface area contributed by atoms with Crippen molar-refractivity contribution in [1.29, 1.82) is 0 Å². The van der Waals surface area contributed by atoms with Gasteiger partial charge in [-0.3, -0.25) is 4.79 Å². The highest BCUT2D eigenvalue weighted by molar-refractivity contribution is 5.99. The van der Waals surface area contributed by atoms with Gasteiger partial charge in [-0.1, -0.05) is 18.6 Å². The first-order chi connectivity index (χ1) is 9.39. The third kappa shape index (κ3) is 4.85. The molecule has 0 saturated heterocycles. The zero-order valence-electron chi connectivity index (χ0n) is 13.2. The lowest BCUT2D eigenvalue weighted by molar-refractivity contribution is 0.0229. The lowest BCUT2D eigenvalue weighted by Gasteiger charge is -2.23. The van der Waals surface area contributed by atoms with E-state index in [0.29, 0.717) is 12.1 Å². The molecule has 0 atom stereocenters. The Morgan fingerprint density at radius 1 is 1.35 bits per heavy atom. The van der Waals surface area contributed by atoms with Crippen LogP contribution in [0.3, 0.4) is 0 Å². The highest BCUT2D eigenvalue weighted by atomic mass is 16.5. The van der Waals surface area contributed by atoms with E-state index in [4.69, 9.17) is 4.74 Å². The Morgan fingerprint density at radius 2 is 2.05 bits per heavy atom. The second-order valence-electron chi connectivity index (χ2n) is 5.62. The zero-order chi connectivity index (χ0) is 15.2. The van der Waals surface area contributed by atoms with Crippen LogP contribution in [0.25, 0.3) is 0 Å². The van der Waals surface area contributed by atoms with Crippen LogP contribution in [-0.2, 0) is 4.74 Å². The number of nitrogens with one attached hydrogen (secondary N) is 2. The molecule has 0 radical (unpaired) electrons. The summed E-state index contributed by atoms with van der Waals surface area (Å²) in [7, 11) is 1.65. The van der Waals surface area contributed by atoms with Crippen LogP contribution in [0.4, 0.5) is 5.69 Å². The van der Waals surface area contributed by atoms with Crippen LogP contribution in [0.2, 0.25) is 0 Å². The van der Waals surface area contributed by atoms with Gasteiger partial charge in [0.15, 0.2) is 0 Å². The Morgan fingerprint density at radius 3 is 2.65 bits per heavy atom. The van der Waals surface area contributed by atoms with Crippen molar-refractivity contribution in [3.05, 3.63) is 29.3 Å². The predicted molar refractivity (Wildman–Crippen MR) is 83.4 cm³/mol. The second kappa shape index (κ2) is 7.29. The third-order valence-electron chi connectivity index (χ3n) is 3.21. The molecule has 20 heavy (non-hydrogen) atoms. The van der Waals surface area contributed by atoms with Gasteiger partial charge in [-0.05, 0) is 39.3 Å². The quantitative estimate of drug-likeness (QED) is 0.806. The van der Waals surface area contributed by atoms with Crippen molar-refractivity contribution in [1.82, 2.24) is 5.32 Å². The monoisotopic (exact) mass is 278 g/mol. The molecule has 1 rings (SSSR count). The Hall–Kier alpha value is -1.55. The van der Waals surface area contributed by atoms with Gasteiger partial charge in [0.05, 0.1) is 11.2 Å². The molecule has 0 saturated carbocycles. The molecular weight excluding hydrogens is 252 g/mol. The molecule has 0 aliphatic rings. The number of aryl methyl sites for hydroxylation is 1. The van der Waals surface area contributed by atoms with Gasteiger partial charge in [-0.15, -0.1) is 0 Å². The number of rotatable bonds is 7. The van der Waals surface area contributed by atoms with E-state index in [9.17, 15) is 4.79 Å². The molecule has 1 amide bonds. The average molecular weight is 278 g/mol. The summed E-state index contributed by atoms with van der Waals surface area (Å²) in [6.07, 6.45) is 1.02. The van der Waals surface area contributed by atoms with Crippen molar-refractivity contribution in [3.63, 3.8) is 0 Å². The van der Waals surface area contributed by atoms with E-state index < -0.39 is 0 Å². The van der Waals surface area contributed by atoms with Gasteiger partial charge in [-0.2, -0.15) is 0 Å². The maximum absolute atomic E-state index is 12.3. The number of carbonyl (C=O) groups excluding carboxylic acids is 1. The summed E-state index contributed by atoms with van der Waals surface area (Å²) < 4.78 is 5.31. The molecule has 0 aromatic heterocycles. The fourth-order valence-corrected chi connectivity index (χ4v) is 1.72. The first-order valence-corrected chi connectivity index (χ1v) is 7.07. The Balaban J connectivity index is 2.82. The van der Waals surface area contributed by atoms with Crippen molar-refractivity contribution >= 4 is 11.6 Å². The summed E-state index contributed by atoms with van der Waals surface area (Å²) in [5, 5.41) is 6.22. The van der Waals surface area contributed by atoms with E-state index in [1.54, 1.807) is 7.11 Å². The van der Waals surface area contributed by atoms with Crippen LogP contribution < -0.4 is 10.6 Å². The summed E-state index contributed by atoms with van der Waals surface area (Å²) in [6.45, 7) is 9.30. The fraction of sp³-hybridized carbons (Fsp3) is 0.562. The Bertz CT molecular complexity index is 456. The Kier molecular flexibility index (Phi) is 6.02. The minimum atomic E-state index is -0.365. The topological polar surface area (TPSA) is 50.4 Å². The number of anilines is 1. The number of hydrogen-bond donors (Lipinski definition) is 2. The summed E-state index contributed by atoms with van der Waals surface area (Å²) in [4.78, 5) is 12.3. The SMILES string of the molecule is CCCNc1ccc(C)cc1C(=O)NCC(C)(C)OC. The molecule has 112 valence electrons. The number of methoxy groups -OCH3 is 1. The number of hydrogen-bond acceptors (Lipinski definition) is 3. The van der Waals surface area contributed by atoms with E-state index >= 15 is 0 Å². The van der Waals surface area contributed by atoms with Crippen LogP contribution in [0, 0.1) is 6.92 Å². The smallest absolute Gasteiger partial charge is 0.253 e. The third-order valence-corrected chi connectivity index (χ3v) is 3.21. The maximum atomic E-state index is 12.3. The van der Waals surface area contributed by atoms with Crippen molar-refractivity contribution in [3.8, 4) is 0 Å². The molecule has 2 N–H and O–H groups in total. The van der Waals surface area contributed by atoms with Crippen molar-refractivity contribution in [2.45, 2.75) is 39.7 Å².